The van der Waals surface area contributed by atoms with Crippen molar-refractivity contribution in [2.75, 3.05) is 19.5 Å². The standard InChI is InChI=1S/C22H16BrN3O2/c1-3-9-28-21-18(23)10-15(11-19(21)27-2)20-16(12-24)22(25)26-13-17(20)14-7-5-4-6-8-14/h1,4-8,10-11,13H,9H2,2H3,(H2,25,26). The minimum absolute atomic E-state index is 0.106. The van der Waals surface area contributed by atoms with Crippen molar-refractivity contribution in [3.63, 3.8) is 0 Å². The molecule has 0 unspecified atom stereocenters. The molecule has 3 aromatic rings. The van der Waals surface area contributed by atoms with E-state index in [1.807, 2.05) is 36.4 Å². The smallest absolute Gasteiger partial charge is 0.176 e. The Labute approximate surface area is 171 Å². The van der Waals surface area contributed by atoms with E-state index in [4.69, 9.17) is 21.6 Å². The van der Waals surface area contributed by atoms with Crippen molar-refractivity contribution in [3.05, 3.63) is 58.7 Å². The van der Waals surface area contributed by atoms with Crippen LogP contribution in [0.15, 0.2) is 53.1 Å². The van der Waals surface area contributed by atoms with Gasteiger partial charge in [0.2, 0.25) is 0 Å². The molecule has 0 atom stereocenters. The molecule has 0 amide bonds. The van der Waals surface area contributed by atoms with Crippen LogP contribution in [-0.4, -0.2) is 18.7 Å². The quantitative estimate of drug-likeness (QED) is 0.592. The minimum Gasteiger partial charge on any atom is -0.493 e. The summed E-state index contributed by atoms with van der Waals surface area (Å²) in [7, 11) is 1.54. The lowest BCUT2D eigenvalue weighted by Crippen LogP contribution is -2.01. The Morgan fingerprint density at radius 2 is 1.96 bits per heavy atom. The highest BCUT2D eigenvalue weighted by Crippen LogP contribution is 2.43. The highest BCUT2D eigenvalue weighted by molar-refractivity contribution is 9.10. The van der Waals surface area contributed by atoms with E-state index in [0.29, 0.717) is 27.1 Å². The monoisotopic (exact) mass is 433 g/mol. The maximum Gasteiger partial charge on any atom is 0.176 e. The van der Waals surface area contributed by atoms with E-state index in [-0.39, 0.29) is 12.4 Å². The number of nitrogen functional groups attached to an aromatic ring is 1. The summed E-state index contributed by atoms with van der Waals surface area (Å²) in [6, 6.07) is 15.5. The van der Waals surface area contributed by atoms with Crippen molar-refractivity contribution in [3.8, 4) is 52.2 Å². The number of hydrogen-bond acceptors (Lipinski definition) is 5. The fourth-order valence-corrected chi connectivity index (χ4v) is 3.45. The van der Waals surface area contributed by atoms with Crippen LogP contribution in [0.25, 0.3) is 22.3 Å². The minimum atomic E-state index is 0.106. The number of terminal acetylenes is 1. The Balaban J connectivity index is 2.29. The first kappa shape index (κ1) is 19.3. The van der Waals surface area contributed by atoms with Gasteiger partial charge in [0.25, 0.3) is 0 Å². The number of nitrogens with two attached hydrogens (primary N) is 1. The van der Waals surface area contributed by atoms with Gasteiger partial charge in [-0.1, -0.05) is 36.3 Å². The van der Waals surface area contributed by atoms with Gasteiger partial charge in [-0.25, -0.2) is 4.98 Å². The number of halogens is 1. The van der Waals surface area contributed by atoms with Gasteiger partial charge in [-0.3, -0.25) is 0 Å². The number of nitrogens with zero attached hydrogens (tertiary/aromatic N) is 2. The van der Waals surface area contributed by atoms with E-state index in [0.717, 1.165) is 16.7 Å². The number of methoxy groups -OCH3 is 1. The molecule has 0 radical (unpaired) electrons. The molecule has 5 nitrogen and oxygen atoms in total. The lowest BCUT2D eigenvalue weighted by molar-refractivity contribution is 0.329. The zero-order chi connectivity index (χ0) is 20.1. The van der Waals surface area contributed by atoms with Gasteiger partial charge in [-0.15, -0.1) is 6.42 Å². The Bertz CT molecular complexity index is 1100. The molecule has 0 aliphatic carbocycles. The highest BCUT2D eigenvalue weighted by atomic mass is 79.9. The largest absolute Gasteiger partial charge is 0.493 e. The van der Waals surface area contributed by atoms with Gasteiger partial charge >= 0.3 is 0 Å². The van der Waals surface area contributed by atoms with E-state index >= 15 is 0 Å². The molecule has 3 rings (SSSR count). The van der Waals surface area contributed by atoms with E-state index in [1.54, 1.807) is 19.4 Å². The molecule has 0 saturated carbocycles. The van der Waals surface area contributed by atoms with Crippen LogP contribution in [0.4, 0.5) is 5.82 Å². The normalized spacial score (nSPS) is 10.0. The second-order valence-electron chi connectivity index (χ2n) is 5.77. The number of hydrogen-bond donors (Lipinski definition) is 1. The zero-order valence-electron chi connectivity index (χ0n) is 15.1. The lowest BCUT2D eigenvalue weighted by Gasteiger charge is -2.17. The van der Waals surface area contributed by atoms with Gasteiger partial charge < -0.3 is 15.2 Å². The molecule has 1 aromatic heterocycles. The summed E-state index contributed by atoms with van der Waals surface area (Å²) in [5.41, 5.74) is 9.41. The molecule has 0 aliphatic heterocycles. The number of benzene rings is 2. The van der Waals surface area contributed by atoms with Gasteiger partial charge in [0.05, 0.1) is 11.6 Å². The van der Waals surface area contributed by atoms with E-state index < -0.39 is 0 Å². The van der Waals surface area contributed by atoms with Crippen LogP contribution in [0.2, 0.25) is 0 Å². The second kappa shape index (κ2) is 8.47. The van der Waals surface area contributed by atoms with Crippen LogP contribution in [-0.2, 0) is 0 Å². The van der Waals surface area contributed by atoms with Crippen LogP contribution in [0, 0.1) is 23.7 Å². The molecule has 1 heterocycles. The molecular weight excluding hydrogens is 418 g/mol. The molecule has 6 heteroatoms. The van der Waals surface area contributed by atoms with E-state index in [1.165, 1.54) is 0 Å². The first-order valence-corrected chi connectivity index (χ1v) is 9.08. The maximum atomic E-state index is 9.74. The van der Waals surface area contributed by atoms with E-state index in [9.17, 15) is 5.26 Å². The van der Waals surface area contributed by atoms with Gasteiger partial charge in [-0.05, 0) is 39.2 Å². The predicted molar refractivity (Wildman–Crippen MR) is 113 cm³/mol. The average Bonchev–Trinajstić information content (AvgIpc) is 2.72. The molecule has 2 N–H and O–H groups in total. The van der Waals surface area contributed by atoms with Gasteiger partial charge in [0, 0.05) is 17.3 Å². The van der Waals surface area contributed by atoms with E-state index in [2.05, 4.69) is 32.9 Å². The summed E-state index contributed by atoms with van der Waals surface area (Å²) < 4.78 is 11.7. The average molecular weight is 434 g/mol. The third-order valence-corrected chi connectivity index (χ3v) is 4.71. The van der Waals surface area contributed by atoms with Crippen LogP contribution in [0.1, 0.15) is 5.56 Å². The maximum absolute atomic E-state index is 9.74. The summed E-state index contributed by atoms with van der Waals surface area (Å²) in [5.74, 6) is 3.57. The van der Waals surface area contributed by atoms with Crippen molar-refractivity contribution in [1.29, 1.82) is 5.26 Å². The van der Waals surface area contributed by atoms with Gasteiger partial charge in [0.15, 0.2) is 11.5 Å². The molecule has 0 fully saturated rings. The van der Waals surface area contributed by atoms with Gasteiger partial charge in [-0.2, -0.15) is 5.26 Å². The fraction of sp³-hybridized carbons (Fsp3) is 0.0909. The Kier molecular flexibility index (Phi) is 5.84. The van der Waals surface area contributed by atoms with Crippen molar-refractivity contribution < 1.29 is 9.47 Å². The summed E-state index contributed by atoms with van der Waals surface area (Å²) >= 11 is 3.51. The third kappa shape index (κ3) is 3.64. The van der Waals surface area contributed by atoms with Crippen LogP contribution >= 0.6 is 15.9 Å². The fourth-order valence-electron chi connectivity index (χ4n) is 2.89. The molecule has 2 aromatic carbocycles. The van der Waals surface area contributed by atoms with Gasteiger partial charge in [0.1, 0.15) is 24.1 Å². The summed E-state index contributed by atoms with van der Waals surface area (Å²) in [5, 5.41) is 9.74. The predicted octanol–water partition coefficient (Wildman–Crippen LogP) is 4.65. The zero-order valence-corrected chi connectivity index (χ0v) is 16.7. The first-order chi connectivity index (χ1) is 13.6. The van der Waals surface area contributed by atoms with Crippen molar-refractivity contribution in [1.82, 2.24) is 4.98 Å². The number of ether oxygens (including phenoxy) is 2. The summed E-state index contributed by atoms with van der Waals surface area (Å²) in [6.45, 7) is 0.106. The number of aromatic nitrogens is 1. The topological polar surface area (TPSA) is 81.2 Å². The van der Waals surface area contributed by atoms with Crippen molar-refractivity contribution in [2.45, 2.75) is 0 Å². The second-order valence-corrected chi connectivity index (χ2v) is 6.62. The molecule has 28 heavy (non-hydrogen) atoms. The number of pyridine rings is 1. The molecule has 0 aliphatic rings. The van der Waals surface area contributed by atoms with Crippen molar-refractivity contribution >= 4 is 21.7 Å². The van der Waals surface area contributed by atoms with Crippen LogP contribution in [0.5, 0.6) is 11.5 Å². The van der Waals surface area contributed by atoms with Crippen molar-refractivity contribution in [2.24, 2.45) is 0 Å². The number of nitriles is 1. The Morgan fingerprint density at radius 3 is 2.61 bits per heavy atom. The first-order valence-electron chi connectivity index (χ1n) is 8.28. The molecule has 138 valence electrons. The van der Waals surface area contributed by atoms with Crippen LogP contribution < -0.4 is 15.2 Å². The Morgan fingerprint density at radius 1 is 1.21 bits per heavy atom. The third-order valence-electron chi connectivity index (χ3n) is 4.12. The SMILES string of the molecule is C#CCOc1c(Br)cc(-c2c(-c3ccccc3)cnc(N)c2C#N)cc1OC. The number of anilines is 1. The molecule has 0 bridgehead atoms. The molecular formula is C22H16BrN3O2. The highest BCUT2D eigenvalue weighted by Gasteiger charge is 2.20. The number of rotatable bonds is 5. The van der Waals surface area contributed by atoms with Crippen LogP contribution in [0.3, 0.4) is 0 Å². The summed E-state index contributed by atoms with van der Waals surface area (Å²) in [4.78, 5) is 4.20. The molecule has 0 spiro atoms. The Hall–Kier alpha value is -3.48. The molecule has 0 saturated heterocycles. The lowest BCUT2D eigenvalue weighted by atomic mass is 9.92. The summed E-state index contributed by atoms with van der Waals surface area (Å²) in [6.07, 6.45) is 6.96.